The standard InChI is InChI=1S/C24H34N6O2S/c1-18-7-5-8-19(26-18)9-6-12-29-13-15-30(16-14-29)23(31)32-21-11-10-20(17-25-21)27-22(33)28-24(2,3)4/h5,7-8,10-11,17H,6,9,12-16H2,1-4H3,(H2,27,28,33). The van der Waals surface area contributed by atoms with Crippen molar-refractivity contribution >= 4 is 29.1 Å². The lowest BCUT2D eigenvalue weighted by atomic mass is 10.1. The van der Waals surface area contributed by atoms with Crippen LogP contribution in [0, 0.1) is 6.92 Å². The summed E-state index contributed by atoms with van der Waals surface area (Å²) in [5, 5.41) is 6.77. The second-order valence-electron chi connectivity index (χ2n) is 9.28. The van der Waals surface area contributed by atoms with Gasteiger partial charge in [0.05, 0.1) is 11.9 Å². The van der Waals surface area contributed by atoms with Crippen LogP contribution in [-0.4, -0.2) is 69.2 Å². The molecule has 2 aromatic heterocycles. The lowest BCUT2D eigenvalue weighted by molar-refractivity contribution is 0.109. The molecule has 0 unspecified atom stereocenters. The van der Waals surface area contributed by atoms with E-state index in [4.69, 9.17) is 17.0 Å². The number of ether oxygens (including phenoxy) is 1. The zero-order valence-corrected chi connectivity index (χ0v) is 20.7. The SMILES string of the molecule is Cc1cccc(CCCN2CCN(C(=O)Oc3ccc(NC(=S)NC(C)(C)C)cn3)CC2)n1. The van der Waals surface area contributed by atoms with Crippen molar-refractivity contribution in [2.24, 2.45) is 0 Å². The minimum atomic E-state index is -0.364. The van der Waals surface area contributed by atoms with Crippen LogP contribution in [0.2, 0.25) is 0 Å². The summed E-state index contributed by atoms with van der Waals surface area (Å²) in [6.45, 7) is 12.1. The molecule has 0 aromatic carbocycles. The number of carbonyl (C=O) groups is 1. The molecule has 1 saturated heterocycles. The first kappa shape index (κ1) is 24.9. The summed E-state index contributed by atoms with van der Waals surface area (Å²) < 4.78 is 5.45. The van der Waals surface area contributed by atoms with Crippen molar-refractivity contribution in [1.82, 2.24) is 25.1 Å². The van der Waals surface area contributed by atoms with Crippen LogP contribution in [-0.2, 0) is 6.42 Å². The van der Waals surface area contributed by atoms with Gasteiger partial charge in [-0.25, -0.2) is 9.78 Å². The smallest absolute Gasteiger partial charge is 0.391 e. The number of hydrogen-bond donors (Lipinski definition) is 2. The summed E-state index contributed by atoms with van der Waals surface area (Å²) in [4.78, 5) is 25.4. The first-order valence-corrected chi connectivity index (χ1v) is 11.8. The Bertz CT molecular complexity index is 937. The van der Waals surface area contributed by atoms with Crippen LogP contribution in [0.4, 0.5) is 10.5 Å². The average Bonchev–Trinajstić information content (AvgIpc) is 2.74. The molecule has 0 aliphatic carbocycles. The average molecular weight is 471 g/mol. The van der Waals surface area contributed by atoms with E-state index in [0.717, 1.165) is 49.6 Å². The molecule has 2 aromatic rings. The summed E-state index contributed by atoms with van der Waals surface area (Å²) in [5.41, 5.74) is 2.79. The fourth-order valence-electron chi connectivity index (χ4n) is 3.55. The molecule has 33 heavy (non-hydrogen) atoms. The Balaban J connectivity index is 1.37. The Kier molecular flexibility index (Phi) is 8.57. The van der Waals surface area contributed by atoms with E-state index in [1.165, 1.54) is 0 Å². The van der Waals surface area contributed by atoms with Crippen molar-refractivity contribution in [1.29, 1.82) is 0 Å². The maximum absolute atomic E-state index is 12.5. The highest BCUT2D eigenvalue weighted by atomic mass is 32.1. The van der Waals surface area contributed by atoms with Gasteiger partial charge in [-0.15, -0.1) is 0 Å². The van der Waals surface area contributed by atoms with E-state index in [1.807, 2.05) is 33.8 Å². The molecule has 3 heterocycles. The van der Waals surface area contributed by atoms with Crippen molar-refractivity contribution in [3.8, 4) is 5.88 Å². The maximum Gasteiger partial charge on any atom is 0.416 e. The highest BCUT2D eigenvalue weighted by Gasteiger charge is 2.22. The highest BCUT2D eigenvalue weighted by molar-refractivity contribution is 7.80. The Morgan fingerprint density at radius 1 is 1.15 bits per heavy atom. The molecule has 0 spiro atoms. The quantitative estimate of drug-likeness (QED) is 0.620. The Morgan fingerprint density at radius 2 is 1.91 bits per heavy atom. The Hall–Kier alpha value is -2.78. The molecule has 1 aliphatic heterocycles. The lowest BCUT2D eigenvalue weighted by Gasteiger charge is -2.33. The number of hydrogen-bond acceptors (Lipinski definition) is 6. The first-order chi connectivity index (χ1) is 15.7. The molecule has 1 amide bonds. The second kappa shape index (κ2) is 11.4. The molecular weight excluding hydrogens is 436 g/mol. The predicted octanol–water partition coefficient (Wildman–Crippen LogP) is 3.62. The van der Waals surface area contributed by atoms with Crippen LogP contribution in [0.1, 0.15) is 38.6 Å². The molecule has 1 fully saturated rings. The number of anilines is 1. The highest BCUT2D eigenvalue weighted by Crippen LogP contribution is 2.14. The molecule has 0 radical (unpaired) electrons. The fourth-order valence-corrected chi connectivity index (χ4v) is 3.97. The zero-order chi connectivity index (χ0) is 23.8. The fraction of sp³-hybridized carbons (Fsp3) is 0.500. The molecule has 178 valence electrons. The van der Waals surface area contributed by atoms with Gasteiger partial charge in [0.2, 0.25) is 5.88 Å². The second-order valence-corrected chi connectivity index (χ2v) is 9.69. The number of rotatable bonds is 6. The van der Waals surface area contributed by atoms with Crippen molar-refractivity contribution in [2.75, 3.05) is 38.0 Å². The van der Waals surface area contributed by atoms with Crippen LogP contribution in [0.3, 0.4) is 0 Å². The van der Waals surface area contributed by atoms with Crippen LogP contribution >= 0.6 is 12.2 Å². The van der Waals surface area contributed by atoms with Gasteiger partial charge in [0.25, 0.3) is 0 Å². The van der Waals surface area contributed by atoms with E-state index < -0.39 is 0 Å². The number of aryl methyl sites for hydroxylation is 2. The van der Waals surface area contributed by atoms with E-state index in [0.29, 0.717) is 18.2 Å². The van der Waals surface area contributed by atoms with Crippen molar-refractivity contribution in [2.45, 2.75) is 46.1 Å². The molecule has 1 aliphatic rings. The summed E-state index contributed by atoms with van der Waals surface area (Å²) in [6, 6.07) is 9.60. The van der Waals surface area contributed by atoms with Gasteiger partial charge in [-0.1, -0.05) is 6.07 Å². The molecule has 9 heteroatoms. The molecule has 8 nitrogen and oxygen atoms in total. The van der Waals surface area contributed by atoms with Crippen LogP contribution in [0.5, 0.6) is 5.88 Å². The number of aromatic nitrogens is 2. The minimum absolute atomic E-state index is 0.130. The van der Waals surface area contributed by atoms with Gasteiger partial charge in [0.1, 0.15) is 0 Å². The van der Waals surface area contributed by atoms with Gasteiger partial charge < -0.3 is 20.3 Å². The predicted molar refractivity (Wildman–Crippen MR) is 135 cm³/mol. The van der Waals surface area contributed by atoms with Crippen LogP contribution < -0.4 is 15.4 Å². The Labute approximate surface area is 201 Å². The third-order valence-corrected chi connectivity index (χ3v) is 5.36. The number of piperazine rings is 1. The number of pyridine rings is 2. The zero-order valence-electron chi connectivity index (χ0n) is 19.9. The van der Waals surface area contributed by atoms with Crippen LogP contribution in [0.15, 0.2) is 36.5 Å². The third kappa shape index (κ3) is 8.58. The number of amides is 1. The minimum Gasteiger partial charge on any atom is -0.391 e. The third-order valence-electron chi connectivity index (χ3n) is 5.16. The van der Waals surface area contributed by atoms with Gasteiger partial charge in [-0.2, -0.15) is 0 Å². The van der Waals surface area contributed by atoms with E-state index in [1.54, 1.807) is 23.2 Å². The monoisotopic (exact) mass is 470 g/mol. The molecule has 0 bridgehead atoms. The van der Waals surface area contributed by atoms with Gasteiger partial charge in [0, 0.05) is 49.2 Å². The van der Waals surface area contributed by atoms with Gasteiger partial charge in [0.15, 0.2) is 5.11 Å². The van der Waals surface area contributed by atoms with Crippen molar-refractivity contribution in [3.05, 3.63) is 47.9 Å². The molecule has 2 N–H and O–H groups in total. The number of nitrogens with one attached hydrogen (secondary N) is 2. The largest absolute Gasteiger partial charge is 0.416 e. The van der Waals surface area contributed by atoms with Crippen molar-refractivity contribution in [3.63, 3.8) is 0 Å². The number of nitrogens with zero attached hydrogens (tertiary/aromatic N) is 4. The van der Waals surface area contributed by atoms with E-state index >= 15 is 0 Å². The van der Waals surface area contributed by atoms with Crippen molar-refractivity contribution < 1.29 is 9.53 Å². The number of carbonyl (C=O) groups excluding carboxylic acids is 1. The molecule has 0 saturated carbocycles. The first-order valence-electron chi connectivity index (χ1n) is 11.3. The molecular formula is C24H34N6O2S. The summed E-state index contributed by atoms with van der Waals surface area (Å²) in [5.74, 6) is 0.272. The van der Waals surface area contributed by atoms with Gasteiger partial charge in [-0.05, 0) is 77.5 Å². The summed E-state index contributed by atoms with van der Waals surface area (Å²) >= 11 is 5.29. The summed E-state index contributed by atoms with van der Waals surface area (Å²) in [7, 11) is 0. The molecule has 0 atom stereocenters. The molecule has 3 rings (SSSR count). The normalized spacial score (nSPS) is 14.6. The van der Waals surface area contributed by atoms with E-state index in [-0.39, 0.29) is 17.5 Å². The van der Waals surface area contributed by atoms with E-state index in [2.05, 4.69) is 37.6 Å². The number of thiocarbonyl (C=S) groups is 1. The topological polar surface area (TPSA) is 82.6 Å². The van der Waals surface area contributed by atoms with E-state index in [9.17, 15) is 4.79 Å². The maximum atomic E-state index is 12.5. The summed E-state index contributed by atoms with van der Waals surface area (Å²) in [6.07, 6.45) is 3.26. The Morgan fingerprint density at radius 3 is 2.55 bits per heavy atom. The van der Waals surface area contributed by atoms with Gasteiger partial charge in [-0.3, -0.25) is 9.88 Å². The lowest BCUT2D eigenvalue weighted by Crippen LogP contribution is -2.49. The van der Waals surface area contributed by atoms with Gasteiger partial charge >= 0.3 is 6.09 Å². The van der Waals surface area contributed by atoms with Crippen LogP contribution in [0.25, 0.3) is 0 Å².